The maximum atomic E-state index is 10.9. The highest BCUT2D eigenvalue weighted by Gasteiger charge is 2.08. The Hall–Kier alpha value is 0.0700. The first-order valence-corrected chi connectivity index (χ1v) is 5.95. The van der Waals surface area contributed by atoms with Gasteiger partial charge in [-0.15, -0.1) is 0 Å². The summed E-state index contributed by atoms with van der Waals surface area (Å²) < 4.78 is 15.9. The van der Waals surface area contributed by atoms with E-state index in [2.05, 4.69) is 12.2 Å². The Kier molecular flexibility index (Phi) is 7.75. The molecular weight excluding hydrogens is 174 g/mol. The van der Waals surface area contributed by atoms with E-state index in [4.69, 9.17) is 4.74 Å². The number of rotatable bonds is 7. The summed E-state index contributed by atoms with van der Waals surface area (Å²) in [5, 5.41) is 3.28. The first kappa shape index (κ1) is 12.1. The van der Waals surface area contributed by atoms with Gasteiger partial charge in [-0.2, -0.15) is 0 Å². The fourth-order valence-corrected chi connectivity index (χ4v) is 1.78. The van der Waals surface area contributed by atoms with Crippen molar-refractivity contribution in [3.8, 4) is 0 Å². The summed E-state index contributed by atoms with van der Waals surface area (Å²) in [4.78, 5) is 0. The van der Waals surface area contributed by atoms with Crippen molar-refractivity contribution in [1.82, 2.24) is 5.32 Å². The maximum absolute atomic E-state index is 10.9. The molecule has 3 nitrogen and oxygen atoms in total. The monoisotopic (exact) mass is 193 g/mol. The molecule has 0 amide bonds. The third-order valence-electron chi connectivity index (χ3n) is 1.49. The molecule has 4 heteroatoms. The van der Waals surface area contributed by atoms with Gasteiger partial charge >= 0.3 is 0 Å². The highest BCUT2D eigenvalue weighted by molar-refractivity contribution is 7.84. The second-order valence-corrected chi connectivity index (χ2v) is 4.33. The Bertz CT molecular complexity index is 130. The summed E-state index contributed by atoms with van der Waals surface area (Å²) in [7, 11) is 0.923. The molecule has 0 aliphatic carbocycles. The SMILES string of the molecule is CCCNC(COC)CS(C)=O. The van der Waals surface area contributed by atoms with Gasteiger partial charge in [0, 0.05) is 36.0 Å². The van der Waals surface area contributed by atoms with Gasteiger partial charge in [0.2, 0.25) is 0 Å². The van der Waals surface area contributed by atoms with E-state index in [-0.39, 0.29) is 6.04 Å². The van der Waals surface area contributed by atoms with Crippen molar-refractivity contribution >= 4 is 10.8 Å². The lowest BCUT2D eigenvalue weighted by molar-refractivity contribution is 0.173. The van der Waals surface area contributed by atoms with Crippen LogP contribution in [0.4, 0.5) is 0 Å². The number of nitrogens with one attached hydrogen (secondary N) is 1. The Morgan fingerprint density at radius 2 is 2.25 bits per heavy atom. The highest BCUT2D eigenvalue weighted by atomic mass is 32.2. The van der Waals surface area contributed by atoms with Crippen LogP contribution in [0.15, 0.2) is 0 Å². The average Bonchev–Trinajstić information content (AvgIpc) is 2.00. The zero-order valence-corrected chi connectivity index (χ0v) is 8.95. The van der Waals surface area contributed by atoms with Crippen LogP contribution in [-0.4, -0.2) is 42.5 Å². The fourth-order valence-electron chi connectivity index (χ4n) is 0.999. The van der Waals surface area contributed by atoms with E-state index in [1.54, 1.807) is 13.4 Å². The second kappa shape index (κ2) is 7.71. The van der Waals surface area contributed by atoms with E-state index >= 15 is 0 Å². The first-order chi connectivity index (χ1) is 5.70. The van der Waals surface area contributed by atoms with E-state index in [1.807, 2.05) is 0 Å². The summed E-state index contributed by atoms with van der Waals surface area (Å²) in [6.07, 6.45) is 2.81. The van der Waals surface area contributed by atoms with Crippen LogP contribution in [0.25, 0.3) is 0 Å². The van der Waals surface area contributed by atoms with Gasteiger partial charge < -0.3 is 10.1 Å². The highest BCUT2D eigenvalue weighted by Crippen LogP contribution is 1.89. The predicted molar refractivity (Wildman–Crippen MR) is 52.9 cm³/mol. The number of ether oxygens (including phenoxy) is 1. The summed E-state index contributed by atoms with van der Waals surface area (Å²) >= 11 is 0. The van der Waals surface area contributed by atoms with Crippen LogP contribution in [0, 0.1) is 0 Å². The molecule has 0 saturated heterocycles. The number of methoxy groups -OCH3 is 1. The third kappa shape index (κ3) is 6.76. The van der Waals surface area contributed by atoms with E-state index < -0.39 is 10.8 Å². The minimum Gasteiger partial charge on any atom is -0.383 e. The minimum atomic E-state index is -0.743. The molecule has 0 radical (unpaired) electrons. The quantitative estimate of drug-likeness (QED) is 0.635. The number of hydrogen-bond acceptors (Lipinski definition) is 3. The molecule has 0 aromatic rings. The zero-order valence-electron chi connectivity index (χ0n) is 8.13. The average molecular weight is 193 g/mol. The lowest BCUT2D eigenvalue weighted by Gasteiger charge is -2.15. The molecule has 0 bridgehead atoms. The van der Waals surface area contributed by atoms with Crippen molar-refractivity contribution in [2.24, 2.45) is 0 Å². The first-order valence-electron chi connectivity index (χ1n) is 4.23. The Labute approximate surface area is 77.3 Å². The molecule has 12 heavy (non-hydrogen) atoms. The van der Waals surface area contributed by atoms with Gasteiger partial charge in [0.05, 0.1) is 6.61 Å². The third-order valence-corrected chi connectivity index (χ3v) is 2.36. The molecule has 0 rings (SSSR count). The molecule has 0 aliphatic heterocycles. The standard InChI is InChI=1S/C8H19NO2S/c1-4-5-9-8(6-11-2)7-12(3)10/h8-9H,4-7H2,1-3H3. The van der Waals surface area contributed by atoms with Crippen LogP contribution in [0.3, 0.4) is 0 Å². The van der Waals surface area contributed by atoms with Crippen molar-refractivity contribution < 1.29 is 8.95 Å². The molecule has 0 aromatic carbocycles. The van der Waals surface area contributed by atoms with Gasteiger partial charge in [0.15, 0.2) is 0 Å². The molecule has 1 N–H and O–H groups in total. The normalized spacial score (nSPS) is 15.9. The van der Waals surface area contributed by atoms with Crippen molar-refractivity contribution in [3.05, 3.63) is 0 Å². The van der Waals surface area contributed by atoms with Crippen LogP contribution >= 0.6 is 0 Å². The van der Waals surface area contributed by atoms with Crippen LogP contribution in [-0.2, 0) is 15.5 Å². The lowest BCUT2D eigenvalue weighted by Crippen LogP contribution is -2.38. The van der Waals surface area contributed by atoms with Gasteiger partial charge in [0.25, 0.3) is 0 Å². The summed E-state index contributed by atoms with van der Waals surface area (Å²) in [6.45, 7) is 3.71. The Morgan fingerprint density at radius 3 is 2.67 bits per heavy atom. The molecule has 2 unspecified atom stereocenters. The van der Waals surface area contributed by atoms with Crippen LogP contribution in [0.1, 0.15) is 13.3 Å². The smallest absolute Gasteiger partial charge is 0.0624 e. The number of hydrogen-bond donors (Lipinski definition) is 1. The second-order valence-electron chi connectivity index (χ2n) is 2.85. The lowest BCUT2D eigenvalue weighted by atomic mass is 10.3. The Balaban J connectivity index is 3.61. The van der Waals surface area contributed by atoms with Crippen molar-refractivity contribution in [1.29, 1.82) is 0 Å². The topological polar surface area (TPSA) is 38.3 Å². The molecule has 2 atom stereocenters. The fraction of sp³-hybridized carbons (Fsp3) is 1.00. The van der Waals surface area contributed by atoms with Gasteiger partial charge in [-0.25, -0.2) is 0 Å². The van der Waals surface area contributed by atoms with E-state index in [1.165, 1.54) is 0 Å². The molecule has 0 saturated carbocycles. The minimum absolute atomic E-state index is 0.237. The largest absolute Gasteiger partial charge is 0.383 e. The van der Waals surface area contributed by atoms with Gasteiger partial charge in [-0.1, -0.05) is 6.92 Å². The van der Waals surface area contributed by atoms with Crippen molar-refractivity contribution in [2.45, 2.75) is 19.4 Å². The van der Waals surface area contributed by atoms with Crippen LogP contribution < -0.4 is 5.32 Å². The predicted octanol–water partition coefficient (Wildman–Crippen LogP) is 0.379. The van der Waals surface area contributed by atoms with E-state index in [0.29, 0.717) is 12.4 Å². The zero-order chi connectivity index (χ0) is 9.40. The van der Waals surface area contributed by atoms with E-state index in [9.17, 15) is 4.21 Å². The van der Waals surface area contributed by atoms with Crippen LogP contribution in [0.2, 0.25) is 0 Å². The summed E-state index contributed by atoms with van der Waals surface area (Å²) in [5.41, 5.74) is 0. The molecule has 0 aliphatic rings. The van der Waals surface area contributed by atoms with Crippen molar-refractivity contribution in [2.75, 3.05) is 32.3 Å². The van der Waals surface area contributed by atoms with Crippen LogP contribution in [0.5, 0.6) is 0 Å². The van der Waals surface area contributed by atoms with Gasteiger partial charge in [0.1, 0.15) is 0 Å². The van der Waals surface area contributed by atoms with E-state index in [0.717, 1.165) is 13.0 Å². The molecule has 0 aromatic heterocycles. The molecule has 0 heterocycles. The maximum Gasteiger partial charge on any atom is 0.0624 e. The molecule has 0 spiro atoms. The molecular formula is C8H19NO2S. The van der Waals surface area contributed by atoms with Gasteiger partial charge in [-0.05, 0) is 13.0 Å². The molecule has 74 valence electrons. The Morgan fingerprint density at radius 1 is 1.58 bits per heavy atom. The summed E-state index contributed by atoms with van der Waals surface area (Å²) in [6, 6.07) is 0.237. The molecule has 0 fully saturated rings. The van der Waals surface area contributed by atoms with Gasteiger partial charge in [-0.3, -0.25) is 4.21 Å². The van der Waals surface area contributed by atoms with Crippen molar-refractivity contribution in [3.63, 3.8) is 0 Å². The summed E-state index contributed by atoms with van der Waals surface area (Å²) in [5.74, 6) is 0.674.